The van der Waals surface area contributed by atoms with Gasteiger partial charge in [-0.3, -0.25) is 9.59 Å². The minimum Gasteiger partial charge on any atom is -0.497 e. The predicted molar refractivity (Wildman–Crippen MR) is 132 cm³/mol. The van der Waals surface area contributed by atoms with Gasteiger partial charge in [-0.25, -0.2) is 4.79 Å². The van der Waals surface area contributed by atoms with E-state index in [1.807, 2.05) is 0 Å². The van der Waals surface area contributed by atoms with Gasteiger partial charge in [0.25, 0.3) is 11.8 Å². The van der Waals surface area contributed by atoms with Crippen LogP contribution >= 0.6 is 0 Å². The molecule has 0 atom stereocenters. The van der Waals surface area contributed by atoms with Gasteiger partial charge in [0.05, 0.1) is 19.3 Å². The number of methoxy groups -OCH3 is 1. The lowest BCUT2D eigenvalue weighted by Crippen LogP contribution is -2.30. The van der Waals surface area contributed by atoms with Gasteiger partial charge in [-0.2, -0.15) is 0 Å². The molecule has 0 unspecified atom stereocenters. The second kappa shape index (κ2) is 11.1. The fraction of sp³-hybridized carbons (Fsp3) is 0.148. The minimum absolute atomic E-state index is 0.00384. The Bertz CT molecular complexity index is 1300. The van der Waals surface area contributed by atoms with E-state index < -0.39 is 17.8 Å². The number of amides is 2. The van der Waals surface area contributed by atoms with Crippen molar-refractivity contribution in [3.8, 4) is 17.2 Å². The highest BCUT2D eigenvalue weighted by Gasteiger charge is 2.18. The molecule has 1 heterocycles. The van der Waals surface area contributed by atoms with Gasteiger partial charge in [0, 0.05) is 11.3 Å². The van der Waals surface area contributed by atoms with Crippen molar-refractivity contribution in [1.82, 2.24) is 5.32 Å². The molecule has 1 aliphatic rings. The van der Waals surface area contributed by atoms with E-state index in [9.17, 15) is 14.4 Å². The highest BCUT2D eigenvalue weighted by molar-refractivity contribution is 6.10. The Hall–Kier alpha value is -4.79. The Kier molecular flexibility index (Phi) is 7.50. The first-order chi connectivity index (χ1) is 17.5. The second-order valence-corrected chi connectivity index (χ2v) is 7.61. The lowest BCUT2D eigenvalue weighted by molar-refractivity contribution is -0.113. The van der Waals surface area contributed by atoms with Crippen molar-refractivity contribution in [2.45, 2.75) is 6.92 Å². The Balaban J connectivity index is 1.57. The lowest BCUT2D eigenvalue weighted by Gasteiger charge is -2.12. The molecular weight excluding hydrogens is 464 g/mol. The fourth-order valence-electron chi connectivity index (χ4n) is 3.37. The van der Waals surface area contributed by atoms with E-state index in [1.165, 1.54) is 13.2 Å². The molecule has 4 rings (SSSR count). The third kappa shape index (κ3) is 5.82. The molecule has 9 nitrogen and oxygen atoms in total. The van der Waals surface area contributed by atoms with Gasteiger partial charge in [-0.1, -0.05) is 6.07 Å². The topological polar surface area (TPSA) is 112 Å². The lowest BCUT2D eigenvalue weighted by atomic mass is 10.1. The first kappa shape index (κ1) is 24.3. The molecule has 0 aromatic heterocycles. The molecule has 184 valence electrons. The van der Waals surface area contributed by atoms with Crippen molar-refractivity contribution in [2.24, 2.45) is 0 Å². The van der Waals surface area contributed by atoms with Gasteiger partial charge in [-0.05, 0) is 79.2 Å². The van der Waals surface area contributed by atoms with Crippen molar-refractivity contribution < 1.29 is 33.3 Å². The Morgan fingerprint density at radius 1 is 0.917 bits per heavy atom. The summed E-state index contributed by atoms with van der Waals surface area (Å²) in [5.74, 6) is 0.259. The molecule has 0 saturated carbocycles. The highest BCUT2D eigenvalue weighted by atomic mass is 16.7. The van der Waals surface area contributed by atoms with E-state index in [-0.39, 0.29) is 19.1 Å². The molecule has 0 radical (unpaired) electrons. The molecular formula is C27H24N2O7. The predicted octanol–water partition coefficient (Wildman–Crippen LogP) is 4.01. The summed E-state index contributed by atoms with van der Waals surface area (Å²) in [6.45, 7) is 2.10. The number of esters is 1. The van der Waals surface area contributed by atoms with E-state index >= 15 is 0 Å². The van der Waals surface area contributed by atoms with Crippen LogP contribution in [0.15, 0.2) is 72.4 Å². The molecule has 36 heavy (non-hydrogen) atoms. The fourth-order valence-corrected chi connectivity index (χ4v) is 3.37. The van der Waals surface area contributed by atoms with Crippen LogP contribution < -0.4 is 24.8 Å². The zero-order valence-electron chi connectivity index (χ0n) is 19.7. The largest absolute Gasteiger partial charge is 0.497 e. The number of carbonyl (C=O) groups excluding carboxylic acids is 3. The second-order valence-electron chi connectivity index (χ2n) is 7.61. The van der Waals surface area contributed by atoms with Gasteiger partial charge in [0.15, 0.2) is 11.5 Å². The van der Waals surface area contributed by atoms with Crippen molar-refractivity contribution in [1.29, 1.82) is 0 Å². The standard InChI is InChI=1S/C27H24N2O7/c1-3-34-27(32)19-5-9-20(10-6-19)28-26(31)22(14-17-4-13-23-24(15-17)36-16-35-23)29-25(30)18-7-11-21(33-2)12-8-18/h4-15H,3,16H2,1-2H3,(H,28,31)(H,29,30)/b22-14+. The van der Waals surface area contributed by atoms with Gasteiger partial charge >= 0.3 is 5.97 Å². The number of benzene rings is 3. The molecule has 0 aliphatic carbocycles. The summed E-state index contributed by atoms with van der Waals surface area (Å²) >= 11 is 0. The van der Waals surface area contributed by atoms with Crippen molar-refractivity contribution in [3.63, 3.8) is 0 Å². The molecule has 0 fully saturated rings. The van der Waals surface area contributed by atoms with E-state index in [2.05, 4.69) is 10.6 Å². The average molecular weight is 488 g/mol. The quantitative estimate of drug-likeness (QED) is 0.364. The van der Waals surface area contributed by atoms with Crippen molar-refractivity contribution in [2.75, 3.05) is 25.8 Å². The van der Waals surface area contributed by atoms with Crippen LogP contribution in [0.4, 0.5) is 5.69 Å². The summed E-state index contributed by atoms with van der Waals surface area (Å²) in [6, 6.07) is 17.9. The summed E-state index contributed by atoms with van der Waals surface area (Å²) in [7, 11) is 1.53. The number of hydrogen-bond donors (Lipinski definition) is 2. The molecule has 3 aromatic rings. The number of anilines is 1. The van der Waals surface area contributed by atoms with Crippen LogP contribution in [-0.2, 0) is 9.53 Å². The number of hydrogen-bond acceptors (Lipinski definition) is 7. The summed E-state index contributed by atoms with van der Waals surface area (Å²) in [5.41, 5.74) is 1.77. The van der Waals surface area contributed by atoms with Crippen molar-refractivity contribution in [3.05, 3.63) is 89.1 Å². The van der Waals surface area contributed by atoms with Crippen molar-refractivity contribution >= 4 is 29.5 Å². The number of ether oxygens (including phenoxy) is 4. The number of carbonyl (C=O) groups is 3. The Morgan fingerprint density at radius 3 is 2.31 bits per heavy atom. The number of rotatable bonds is 8. The van der Waals surface area contributed by atoms with Crippen LogP contribution in [0, 0.1) is 0 Å². The average Bonchev–Trinajstić information content (AvgIpc) is 3.37. The van der Waals surface area contributed by atoms with Crippen LogP contribution in [0.25, 0.3) is 6.08 Å². The maximum Gasteiger partial charge on any atom is 0.338 e. The van der Waals surface area contributed by atoms with E-state index in [4.69, 9.17) is 18.9 Å². The van der Waals surface area contributed by atoms with E-state index in [1.54, 1.807) is 73.7 Å². The van der Waals surface area contributed by atoms with Crippen LogP contribution in [-0.4, -0.2) is 38.3 Å². The third-order valence-electron chi connectivity index (χ3n) is 5.21. The highest BCUT2D eigenvalue weighted by Crippen LogP contribution is 2.33. The van der Waals surface area contributed by atoms with Gasteiger partial charge in [0.2, 0.25) is 6.79 Å². The third-order valence-corrected chi connectivity index (χ3v) is 5.21. The maximum absolute atomic E-state index is 13.2. The normalized spacial score (nSPS) is 12.0. The molecule has 2 amide bonds. The van der Waals surface area contributed by atoms with Crippen LogP contribution in [0.2, 0.25) is 0 Å². The summed E-state index contributed by atoms with van der Waals surface area (Å²) < 4.78 is 20.8. The van der Waals surface area contributed by atoms with E-state index in [0.29, 0.717) is 39.6 Å². The minimum atomic E-state index is -0.557. The molecule has 1 aliphatic heterocycles. The molecule has 0 spiro atoms. The summed E-state index contributed by atoms with van der Waals surface area (Å²) in [5, 5.41) is 5.41. The van der Waals surface area contributed by atoms with Crippen LogP contribution in [0.5, 0.6) is 17.2 Å². The number of fused-ring (bicyclic) bond motifs is 1. The molecule has 2 N–H and O–H groups in total. The van der Waals surface area contributed by atoms with E-state index in [0.717, 1.165) is 0 Å². The summed E-state index contributed by atoms with van der Waals surface area (Å²) in [6.07, 6.45) is 1.53. The monoisotopic (exact) mass is 488 g/mol. The first-order valence-corrected chi connectivity index (χ1v) is 11.1. The SMILES string of the molecule is CCOC(=O)c1ccc(NC(=O)/C(=C\c2ccc3c(c2)OCO3)NC(=O)c2ccc(OC)cc2)cc1. The first-order valence-electron chi connectivity index (χ1n) is 11.1. The zero-order chi connectivity index (χ0) is 25.5. The maximum atomic E-state index is 13.2. The number of nitrogens with one attached hydrogen (secondary N) is 2. The van der Waals surface area contributed by atoms with Gasteiger partial charge < -0.3 is 29.6 Å². The molecule has 9 heteroatoms. The summed E-state index contributed by atoms with van der Waals surface area (Å²) in [4.78, 5) is 38.0. The van der Waals surface area contributed by atoms with Crippen LogP contribution in [0.1, 0.15) is 33.2 Å². The smallest absolute Gasteiger partial charge is 0.338 e. The zero-order valence-corrected chi connectivity index (χ0v) is 19.7. The van der Waals surface area contributed by atoms with Gasteiger partial charge in [0.1, 0.15) is 11.4 Å². The molecule has 3 aromatic carbocycles. The Morgan fingerprint density at radius 2 is 1.61 bits per heavy atom. The molecule has 0 bridgehead atoms. The Labute approximate surface area is 207 Å². The van der Waals surface area contributed by atoms with Gasteiger partial charge in [-0.15, -0.1) is 0 Å². The van der Waals surface area contributed by atoms with Crippen LogP contribution in [0.3, 0.4) is 0 Å². The molecule has 0 saturated heterocycles.